The van der Waals surface area contributed by atoms with Gasteiger partial charge >= 0.3 is 11.9 Å². The Hall–Kier alpha value is -2.88. The molecular formula is C18H16O4. The van der Waals surface area contributed by atoms with Gasteiger partial charge in [-0.15, -0.1) is 0 Å². The lowest BCUT2D eigenvalue weighted by Crippen LogP contribution is -2.23. The smallest absolute Gasteiger partial charge is 0.350 e. The number of benzene rings is 2. The third kappa shape index (κ3) is 4.06. The molecule has 0 aliphatic heterocycles. The number of ether oxygens (including phenoxy) is 2. The van der Waals surface area contributed by atoms with E-state index in [-0.39, 0.29) is 5.57 Å². The molecule has 0 N–H and O–H groups in total. The summed E-state index contributed by atoms with van der Waals surface area (Å²) in [6.45, 7) is 3.32. The molecular weight excluding hydrogens is 280 g/mol. The minimum Gasteiger partial charge on any atom is -0.423 e. The van der Waals surface area contributed by atoms with Gasteiger partial charge in [0.05, 0.1) is 0 Å². The average Bonchev–Trinajstić information content (AvgIpc) is 2.48. The number of hydrogen-bond donors (Lipinski definition) is 0. The van der Waals surface area contributed by atoms with Crippen molar-refractivity contribution in [1.82, 2.24) is 0 Å². The first-order valence-corrected chi connectivity index (χ1v) is 6.80. The fourth-order valence-corrected chi connectivity index (χ4v) is 1.78. The van der Waals surface area contributed by atoms with Gasteiger partial charge < -0.3 is 9.47 Å². The lowest BCUT2D eigenvalue weighted by atomic mass is 10.1. The molecule has 0 aliphatic rings. The molecule has 0 amide bonds. The quantitative estimate of drug-likeness (QED) is 0.285. The van der Waals surface area contributed by atoms with E-state index in [1.54, 1.807) is 62.4 Å². The highest BCUT2D eigenvalue weighted by molar-refractivity contribution is 6.15. The molecule has 2 rings (SSSR count). The van der Waals surface area contributed by atoms with Crippen molar-refractivity contribution in [1.29, 1.82) is 0 Å². The van der Waals surface area contributed by atoms with Gasteiger partial charge in [-0.2, -0.15) is 0 Å². The van der Waals surface area contributed by atoms with Crippen molar-refractivity contribution in [3.05, 3.63) is 71.8 Å². The molecule has 0 saturated carbocycles. The molecule has 2 aromatic rings. The van der Waals surface area contributed by atoms with Gasteiger partial charge in [-0.3, -0.25) is 0 Å². The maximum Gasteiger partial charge on any atom is 0.350 e. The number of carbonyl (C=O) groups is 2. The first-order chi connectivity index (χ1) is 10.6. The molecule has 0 atom stereocenters. The standard InChI is InChI=1S/C18H16O4/c1-13(2)16(17(19)21-14-9-5-3-6-10-14)18(20)22-15-11-7-4-8-12-15/h3-12H,1-2H3. The Bertz CT molecular complexity index is 628. The summed E-state index contributed by atoms with van der Waals surface area (Å²) in [5.74, 6) is -0.711. The van der Waals surface area contributed by atoms with E-state index in [4.69, 9.17) is 9.47 Å². The zero-order valence-corrected chi connectivity index (χ0v) is 12.4. The first kappa shape index (κ1) is 15.5. The molecule has 0 aliphatic carbocycles. The van der Waals surface area contributed by atoms with Crippen LogP contribution in [0.1, 0.15) is 13.8 Å². The van der Waals surface area contributed by atoms with Gasteiger partial charge in [0.2, 0.25) is 0 Å². The van der Waals surface area contributed by atoms with Gasteiger partial charge in [-0.25, -0.2) is 9.59 Å². The number of para-hydroxylation sites is 2. The molecule has 0 bridgehead atoms. The Morgan fingerprint density at radius 2 is 1.05 bits per heavy atom. The van der Waals surface area contributed by atoms with E-state index >= 15 is 0 Å². The van der Waals surface area contributed by atoms with Gasteiger partial charge in [0.15, 0.2) is 0 Å². The number of carbonyl (C=O) groups excluding carboxylic acids is 2. The van der Waals surface area contributed by atoms with Crippen molar-refractivity contribution in [2.75, 3.05) is 0 Å². The van der Waals surface area contributed by atoms with Gasteiger partial charge in [0.1, 0.15) is 17.1 Å². The lowest BCUT2D eigenvalue weighted by Gasteiger charge is -2.09. The van der Waals surface area contributed by atoms with E-state index in [1.807, 2.05) is 12.1 Å². The minimum absolute atomic E-state index is 0.104. The van der Waals surface area contributed by atoms with Crippen molar-refractivity contribution in [2.45, 2.75) is 13.8 Å². The topological polar surface area (TPSA) is 52.6 Å². The molecule has 0 spiro atoms. The summed E-state index contributed by atoms with van der Waals surface area (Å²) in [5, 5.41) is 0. The molecule has 4 nitrogen and oxygen atoms in total. The molecule has 0 fully saturated rings. The summed E-state index contributed by atoms with van der Waals surface area (Å²) in [5.41, 5.74) is 0.426. The Morgan fingerprint density at radius 1 is 0.682 bits per heavy atom. The number of allylic oxidation sites excluding steroid dienone is 1. The predicted molar refractivity (Wildman–Crippen MR) is 82.5 cm³/mol. The number of esters is 2. The van der Waals surface area contributed by atoms with Crippen molar-refractivity contribution in [3.63, 3.8) is 0 Å². The van der Waals surface area contributed by atoms with Gasteiger partial charge in [0.25, 0.3) is 0 Å². The highest BCUT2D eigenvalue weighted by atomic mass is 16.6. The van der Waals surface area contributed by atoms with Crippen molar-refractivity contribution < 1.29 is 19.1 Å². The molecule has 0 radical (unpaired) electrons. The minimum atomic E-state index is -0.730. The van der Waals surface area contributed by atoms with E-state index in [2.05, 4.69) is 0 Å². The molecule has 0 heterocycles. The van der Waals surface area contributed by atoms with Gasteiger partial charge in [0, 0.05) is 0 Å². The van der Waals surface area contributed by atoms with Crippen molar-refractivity contribution >= 4 is 11.9 Å². The van der Waals surface area contributed by atoms with Crippen molar-refractivity contribution in [3.8, 4) is 11.5 Å². The average molecular weight is 296 g/mol. The lowest BCUT2D eigenvalue weighted by molar-refractivity contribution is -0.137. The van der Waals surface area contributed by atoms with Gasteiger partial charge in [-0.05, 0) is 38.1 Å². The fraction of sp³-hybridized carbons (Fsp3) is 0.111. The Kier molecular flexibility index (Phi) is 5.09. The van der Waals surface area contributed by atoms with E-state index in [9.17, 15) is 9.59 Å². The van der Waals surface area contributed by atoms with Crippen LogP contribution >= 0.6 is 0 Å². The van der Waals surface area contributed by atoms with Crippen LogP contribution in [0.3, 0.4) is 0 Å². The SMILES string of the molecule is CC(C)=C(C(=O)Oc1ccccc1)C(=O)Oc1ccccc1. The van der Waals surface area contributed by atoms with Crippen LogP contribution in [0.5, 0.6) is 11.5 Å². The Balaban J connectivity index is 2.15. The summed E-state index contributed by atoms with van der Waals surface area (Å²) in [6.07, 6.45) is 0. The third-order valence-corrected chi connectivity index (χ3v) is 2.82. The highest BCUT2D eigenvalue weighted by Gasteiger charge is 2.24. The van der Waals surface area contributed by atoms with Crippen LogP contribution < -0.4 is 9.47 Å². The van der Waals surface area contributed by atoms with Crippen LogP contribution in [0.4, 0.5) is 0 Å². The van der Waals surface area contributed by atoms with Crippen LogP contribution in [0.15, 0.2) is 71.8 Å². The molecule has 22 heavy (non-hydrogen) atoms. The van der Waals surface area contributed by atoms with E-state index in [1.165, 1.54) is 0 Å². The van der Waals surface area contributed by atoms with Crippen LogP contribution in [0.2, 0.25) is 0 Å². The molecule has 0 saturated heterocycles. The number of rotatable bonds is 4. The van der Waals surface area contributed by atoms with Gasteiger partial charge in [-0.1, -0.05) is 42.0 Å². The van der Waals surface area contributed by atoms with Crippen LogP contribution in [-0.4, -0.2) is 11.9 Å². The second-order valence-electron chi connectivity index (χ2n) is 4.78. The maximum atomic E-state index is 12.2. The van der Waals surface area contributed by atoms with Crippen LogP contribution in [0.25, 0.3) is 0 Å². The number of hydrogen-bond acceptors (Lipinski definition) is 4. The Labute approximate surface area is 129 Å². The van der Waals surface area contributed by atoms with Crippen molar-refractivity contribution in [2.24, 2.45) is 0 Å². The third-order valence-electron chi connectivity index (χ3n) is 2.82. The predicted octanol–water partition coefficient (Wildman–Crippen LogP) is 3.53. The van der Waals surface area contributed by atoms with Crippen LogP contribution in [0, 0.1) is 0 Å². The highest BCUT2D eigenvalue weighted by Crippen LogP contribution is 2.16. The maximum absolute atomic E-state index is 12.2. The summed E-state index contributed by atoms with van der Waals surface area (Å²) in [6, 6.07) is 17.2. The summed E-state index contributed by atoms with van der Waals surface area (Å²) < 4.78 is 10.4. The first-order valence-electron chi connectivity index (χ1n) is 6.80. The normalized spacial score (nSPS) is 9.73. The monoisotopic (exact) mass is 296 g/mol. The van der Waals surface area contributed by atoms with E-state index < -0.39 is 11.9 Å². The van der Waals surface area contributed by atoms with E-state index in [0.29, 0.717) is 17.1 Å². The summed E-state index contributed by atoms with van der Waals surface area (Å²) >= 11 is 0. The zero-order valence-electron chi connectivity index (χ0n) is 12.4. The van der Waals surface area contributed by atoms with E-state index in [0.717, 1.165) is 0 Å². The second kappa shape index (κ2) is 7.22. The van der Waals surface area contributed by atoms with Crippen LogP contribution in [-0.2, 0) is 9.59 Å². The molecule has 112 valence electrons. The molecule has 4 heteroatoms. The largest absolute Gasteiger partial charge is 0.423 e. The molecule has 2 aromatic carbocycles. The Morgan fingerprint density at radius 3 is 1.36 bits per heavy atom. The molecule has 0 aromatic heterocycles. The zero-order chi connectivity index (χ0) is 15.9. The molecule has 0 unspecified atom stereocenters. The fourth-order valence-electron chi connectivity index (χ4n) is 1.78. The summed E-state index contributed by atoms with van der Waals surface area (Å²) in [7, 11) is 0. The second-order valence-corrected chi connectivity index (χ2v) is 4.78. The summed E-state index contributed by atoms with van der Waals surface area (Å²) in [4.78, 5) is 24.4.